The number of hydrogen-bond acceptors (Lipinski definition) is 0. The topological polar surface area (TPSA) is 0 Å². The highest BCUT2D eigenvalue weighted by Gasteiger charge is 2.67. The molecular formula is C4F8. The van der Waals surface area contributed by atoms with Gasteiger partial charge in [0, 0.05) is 0 Å². The number of hydrogen-bond donors (Lipinski definition) is 0. The first kappa shape index (κ1) is 11.4. The molecule has 0 spiro atoms. The maximum atomic E-state index is 11.5. The number of alkyl halides is 5. The largest absolute Gasteiger partial charge is 0.457 e. The zero-order chi connectivity index (χ0) is 10.2. The minimum Gasteiger partial charge on any atom is -0.226 e. The molecule has 0 saturated heterocycles. The van der Waals surface area contributed by atoms with E-state index < -0.39 is 24.7 Å². The van der Waals surface area contributed by atoms with Gasteiger partial charge < -0.3 is 0 Å². The van der Waals surface area contributed by atoms with E-state index in [4.69, 9.17) is 0 Å². The average Bonchev–Trinajstić information content (AvgIpc) is 1.83. The predicted molar refractivity (Wildman–Crippen MR) is 20.8 cm³/mol. The van der Waals surface area contributed by atoms with E-state index >= 15 is 0 Å². The van der Waals surface area contributed by atoms with Gasteiger partial charge in [0.1, 0.15) is 0 Å². The van der Waals surface area contributed by atoms with Crippen LogP contribution in [0.3, 0.4) is 0 Å². The molecule has 0 saturated carbocycles. The molecule has 0 rings (SSSR count). The van der Waals surface area contributed by atoms with Crippen molar-refractivity contribution in [2.75, 3.05) is 0 Å². The van der Waals surface area contributed by atoms with Gasteiger partial charge in [-0.15, -0.1) is 0 Å². The van der Waals surface area contributed by atoms with Crippen LogP contribution in [-0.4, -0.2) is 12.1 Å². The summed E-state index contributed by atoms with van der Waals surface area (Å²) in [4.78, 5) is 0. The first-order valence-electron chi connectivity index (χ1n) is 2.26. The van der Waals surface area contributed by atoms with Crippen LogP contribution in [0.15, 0.2) is 0 Å². The highest BCUT2D eigenvalue weighted by molar-refractivity contribution is 5.08. The van der Waals surface area contributed by atoms with Crippen molar-refractivity contribution < 1.29 is 35.1 Å². The summed E-state index contributed by atoms with van der Waals surface area (Å²) in [7, 11) is 0. The Morgan fingerprint density at radius 2 is 1.08 bits per heavy atom. The zero-order valence-electron chi connectivity index (χ0n) is 5.02. The van der Waals surface area contributed by atoms with Gasteiger partial charge in [0.05, 0.1) is 0 Å². The fraction of sp³-hybridized carbons (Fsp3) is 0.500. The van der Waals surface area contributed by atoms with Crippen LogP contribution in [0.2, 0.25) is 0 Å². The molecule has 0 amide bonds. The highest BCUT2D eigenvalue weighted by atomic mass is 19.4. The highest BCUT2D eigenvalue weighted by Crippen LogP contribution is 2.47. The lowest BCUT2D eigenvalue weighted by Gasteiger charge is -2.20. The van der Waals surface area contributed by atoms with Crippen molar-refractivity contribution in [3.63, 3.8) is 0 Å². The Hall–Kier alpha value is -0.560. The third-order valence-electron chi connectivity index (χ3n) is 0.798. The summed E-state index contributed by atoms with van der Waals surface area (Å²) in [5.74, 6) is -6.12. The van der Waals surface area contributed by atoms with Crippen LogP contribution in [0.5, 0.6) is 0 Å². The summed E-state index contributed by atoms with van der Waals surface area (Å²) in [5.41, 5.74) is 0. The molecule has 0 atom stereocenters. The van der Waals surface area contributed by atoms with Crippen LogP contribution in [0.25, 0.3) is 0 Å². The lowest BCUT2D eigenvalue weighted by atomic mass is 10.2. The van der Waals surface area contributed by atoms with Crippen molar-refractivity contribution >= 4 is 0 Å². The van der Waals surface area contributed by atoms with E-state index in [9.17, 15) is 35.1 Å². The average molecular weight is 200 g/mol. The Morgan fingerprint density at radius 3 is 1.17 bits per heavy atom. The molecule has 0 aliphatic rings. The van der Waals surface area contributed by atoms with E-state index in [1.807, 2.05) is 0 Å². The molecule has 2 radical (unpaired) electrons. The van der Waals surface area contributed by atoms with Gasteiger partial charge in [0.25, 0.3) is 6.17 Å². The van der Waals surface area contributed by atoms with E-state index in [1.165, 1.54) is 0 Å². The first-order valence-corrected chi connectivity index (χ1v) is 2.26. The van der Waals surface area contributed by atoms with Crippen molar-refractivity contribution in [2.45, 2.75) is 12.1 Å². The second-order valence-electron chi connectivity index (χ2n) is 1.65. The minimum absolute atomic E-state index is 3.68. The molecule has 0 fully saturated rings. The third kappa shape index (κ3) is 1.98. The van der Waals surface area contributed by atoms with Crippen molar-refractivity contribution in [1.29, 1.82) is 0 Å². The quantitative estimate of drug-likeness (QED) is 0.600. The minimum atomic E-state index is -6.35. The van der Waals surface area contributed by atoms with Gasteiger partial charge >= 0.3 is 18.5 Å². The van der Waals surface area contributed by atoms with E-state index in [0.717, 1.165) is 0 Å². The molecule has 0 aromatic rings. The summed E-state index contributed by atoms with van der Waals surface area (Å²) >= 11 is 0. The Labute approximate surface area is 61.2 Å². The molecule has 0 aromatic heterocycles. The third-order valence-corrected chi connectivity index (χ3v) is 0.798. The van der Waals surface area contributed by atoms with Crippen LogP contribution in [0.4, 0.5) is 35.1 Å². The van der Waals surface area contributed by atoms with Crippen molar-refractivity contribution in [3.8, 4) is 0 Å². The molecule has 0 heterocycles. The van der Waals surface area contributed by atoms with Gasteiger partial charge in [-0.05, 0) is 0 Å². The van der Waals surface area contributed by atoms with Gasteiger partial charge in [-0.2, -0.15) is 30.7 Å². The van der Waals surface area contributed by atoms with Crippen LogP contribution < -0.4 is 0 Å². The molecule has 8 heteroatoms. The van der Waals surface area contributed by atoms with E-state index in [1.54, 1.807) is 0 Å². The van der Waals surface area contributed by atoms with Gasteiger partial charge in [0.15, 0.2) is 0 Å². The van der Waals surface area contributed by atoms with E-state index in [0.29, 0.717) is 0 Å². The molecule has 72 valence electrons. The normalized spacial score (nSPS) is 14.5. The van der Waals surface area contributed by atoms with E-state index in [2.05, 4.69) is 0 Å². The molecular weight excluding hydrogens is 200 g/mol. The van der Waals surface area contributed by atoms with Crippen molar-refractivity contribution in [3.05, 3.63) is 12.6 Å². The summed E-state index contributed by atoms with van der Waals surface area (Å²) in [6.45, 7) is 0. The maximum Gasteiger partial charge on any atom is 0.457 e. The second-order valence-corrected chi connectivity index (χ2v) is 1.65. The Morgan fingerprint density at radius 1 is 0.750 bits per heavy atom. The Balaban J connectivity index is 4.61. The summed E-state index contributed by atoms with van der Waals surface area (Å²) < 4.78 is 89.8. The molecule has 0 aliphatic heterocycles. The van der Waals surface area contributed by atoms with Gasteiger partial charge in [-0.25, -0.2) is 4.39 Å². The van der Waals surface area contributed by atoms with Gasteiger partial charge in [-0.1, -0.05) is 0 Å². The maximum absolute atomic E-state index is 11.5. The smallest absolute Gasteiger partial charge is 0.226 e. The molecule has 0 aliphatic carbocycles. The molecule has 0 N–H and O–H groups in total. The zero-order valence-corrected chi connectivity index (χ0v) is 5.02. The number of rotatable bonds is 2. The number of halogens is 8. The van der Waals surface area contributed by atoms with Gasteiger partial charge in [-0.3, -0.25) is 0 Å². The second kappa shape index (κ2) is 3.06. The lowest BCUT2D eigenvalue weighted by Crippen LogP contribution is -2.41. The Bertz CT molecular complexity index is 146. The predicted octanol–water partition coefficient (Wildman–Crippen LogP) is 3.11. The van der Waals surface area contributed by atoms with Crippen LogP contribution >= 0.6 is 0 Å². The van der Waals surface area contributed by atoms with Crippen molar-refractivity contribution in [2.24, 2.45) is 0 Å². The Kier molecular flexibility index (Phi) is 2.92. The first-order chi connectivity index (χ1) is 5.10. The lowest BCUT2D eigenvalue weighted by molar-refractivity contribution is -0.285. The van der Waals surface area contributed by atoms with Gasteiger partial charge in [0.2, 0.25) is 0 Å². The molecule has 0 aromatic carbocycles. The molecule has 0 nitrogen and oxygen atoms in total. The monoisotopic (exact) mass is 200 g/mol. The van der Waals surface area contributed by atoms with Crippen molar-refractivity contribution in [1.82, 2.24) is 0 Å². The fourth-order valence-corrected chi connectivity index (χ4v) is 0.243. The van der Waals surface area contributed by atoms with Crippen LogP contribution in [0.1, 0.15) is 0 Å². The van der Waals surface area contributed by atoms with Crippen LogP contribution in [0, 0.1) is 12.6 Å². The van der Waals surface area contributed by atoms with Crippen LogP contribution in [-0.2, 0) is 0 Å². The fourth-order valence-electron chi connectivity index (χ4n) is 0.243. The molecule has 0 unspecified atom stereocenters. The summed E-state index contributed by atoms with van der Waals surface area (Å²) in [6.07, 6.45) is -13.8. The molecule has 12 heavy (non-hydrogen) atoms. The summed E-state index contributed by atoms with van der Waals surface area (Å²) in [5, 5.41) is 0. The SMILES string of the molecule is F[C](F)[C](F)C(F)(F)C(F)(F)F. The van der Waals surface area contributed by atoms with E-state index in [-0.39, 0.29) is 0 Å². The molecule has 0 bridgehead atoms. The summed E-state index contributed by atoms with van der Waals surface area (Å²) in [6, 6.07) is 0. The standard InChI is InChI=1S/C4F8/c5-1(2(6)7)3(8,9)4(10,11)12.